The van der Waals surface area contributed by atoms with Gasteiger partial charge in [0, 0.05) is 25.7 Å². The van der Waals surface area contributed by atoms with Gasteiger partial charge in [-0.05, 0) is 51.9 Å². The molecule has 0 saturated carbocycles. The van der Waals surface area contributed by atoms with Crippen LogP contribution in [0.3, 0.4) is 0 Å². The Morgan fingerprint density at radius 2 is 2.21 bits per heavy atom. The van der Waals surface area contributed by atoms with Crippen molar-refractivity contribution in [2.24, 2.45) is 16.6 Å². The highest BCUT2D eigenvalue weighted by atomic mass is 15.2. The smallest absolute Gasteiger partial charge is 0.188 e. The summed E-state index contributed by atoms with van der Waals surface area (Å²) >= 11 is 0. The molecule has 2 saturated heterocycles. The molecule has 0 aromatic heterocycles. The third-order valence-corrected chi connectivity index (χ3v) is 4.43. The Kier molecular flexibility index (Phi) is 5.45. The number of hydrogen-bond donors (Lipinski definition) is 2. The van der Waals surface area contributed by atoms with Crippen LogP contribution in [0.4, 0.5) is 0 Å². The van der Waals surface area contributed by atoms with E-state index < -0.39 is 0 Å². The first-order valence-electron chi connectivity index (χ1n) is 7.65. The van der Waals surface area contributed by atoms with E-state index >= 15 is 0 Å². The SMILES string of the molecule is CCN1CCCC1CNC(N)=NCC1CCN(C)C1. The van der Waals surface area contributed by atoms with Gasteiger partial charge in [-0.15, -0.1) is 0 Å². The fraction of sp³-hybridized carbons (Fsp3) is 0.929. The Hall–Kier alpha value is -0.810. The van der Waals surface area contributed by atoms with Gasteiger partial charge in [-0.3, -0.25) is 9.89 Å². The third kappa shape index (κ3) is 4.35. The maximum atomic E-state index is 5.96. The normalized spacial score (nSPS) is 30.1. The summed E-state index contributed by atoms with van der Waals surface area (Å²) in [4.78, 5) is 9.37. The largest absolute Gasteiger partial charge is 0.370 e. The van der Waals surface area contributed by atoms with E-state index in [2.05, 4.69) is 34.1 Å². The second-order valence-electron chi connectivity index (χ2n) is 5.95. The molecular formula is C14H29N5. The van der Waals surface area contributed by atoms with Crippen molar-refractivity contribution in [1.82, 2.24) is 15.1 Å². The molecule has 0 aliphatic carbocycles. The molecule has 110 valence electrons. The van der Waals surface area contributed by atoms with Crippen LogP contribution in [0.1, 0.15) is 26.2 Å². The van der Waals surface area contributed by atoms with E-state index in [9.17, 15) is 0 Å². The molecule has 2 aliphatic rings. The lowest BCUT2D eigenvalue weighted by atomic mass is 10.1. The average Bonchev–Trinajstić information content (AvgIpc) is 3.02. The molecule has 2 fully saturated rings. The summed E-state index contributed by atoms with van der Waals surface area (Å²) in [5, 5.41) is 3.30. The van der Waals surface area contributed by atoms with Crippen molar-refractivity contribution < 1.29 is 0 Å². The zero-order chi connectivity index (χ0) is 13.7. The van der Waals surface area contributed by atoms with Crippen LogP contribution in [0, 0.1) is 5.92 Å². The molecule has 2 rings (SSSR count). The van der Waals surface area contributed by atoms with Crippen molar-refractivity contribution in [1.29, 1.82) is 0 Å². The second kappa shape index (κ2) is 7.10. The monoisotopic (exact) mass is 267 g/mol. The van der Waals surface area contributed by atoms with E-state index in [0.29, 0.717) is 17.9 Å². The van der Waals surface area contributed by atoms with Crippen LogP contribution in [0.5, 0.6) is 0 Å². The Balaban J connectivity index is 1.67. The minimum absolute atomic E-state index is 0.623. The first-order valence-corrected chi connectivity index (χ1v) is 7.65. The van der Waals surface area contributed by atoms with Crippen LogP contribution in [-0.2, 0) is 0 Å². The number of nitrogens with one attached hydrogen (secondary N) is 1. The lowest BCUT2D eigenvalue weighted by Gasteiger charge is -2.23. The van der Waals surface area contributed by atoms with Crippen molar-refractivity contribution >= 4 is 5.96 Å². The number of likely N-dealkylation sites (N-methyl/N-ethyl adjacent to an activating group) is 1. The molecule has 3 N–H and O–H groups in total. The zero-order valence-electron chi connectivity index (χ0n) is 12.4. The standard InChI is InChI=1S/C14H29N5/c1-3-19-7-4-5-13(19)10-17-14(15)16-9-12-6-8-18(2)11-12/h12-13H,3-11H2,1-2H3,(H3,15,16,17). The number of likely N-dealkylation sites (tertiary alicyclic amines) is 2. The number of aliphatic imine (C=N–C) groups is 1. The Bertz CT molecular complexity index is 304. The van der Waals surface area contributed by atoms with Gasteiger partial charge in [0.25, 0.3) is 0 Å². The van der Waals surface area contributed by atoms with Crippen LogP contribution in [-0.4, -0.2) is 68.1 Å². The van der Waals surface area contributed by atoms with Crippen LogP contribution < -0.4 is 11.1 Å². The molecular weight excluding hydrogens is 238 g/mol. The molecule has 0 spiro atoms. The van der Waals surface area contributed by atoms with E-state index in [0.717, 1.165) is 26.2 Å². The highest BCUT2D eigenvalue weighted by Gasteiger charge is 2.22. The van der Waals surface area contributed by atoms with Gasteiger partial charge in [0.2, 0.25) is 0 Å². The summed E-state index contributed by atoms with van der Waals surface area (Å²) in [6.07, 6.45) is 3.84. The molecule has 19 heavy (non-hydrogen) atoms. The summed E-state index contributed by atoms with van der Waals surface area (Å²) in [5.74, 6) is 1.31. The highest BCUT2D eigenvalue weighted by Crippen LogP contribution is 2.16. The molecule has 0 bridgehead atoms. The molecule has 0 radical (unpaired) electrons. The lowest BCUT2D eigenvalue weighted by molar-refractivity contribution is 0.267. The predicted octanol–water partition coefficient (Wildman–Crippen LogP) is 0.327. The van der Waals surface area contributed by atoms with Crippen molar-refractivity contribution in [3.63, 3.8) is 0 Å². The molecule has 5 heteroatoms. The predicted molar refractivity (Wildman–Crippen MR) is 80.4 cm³/mol. The maximum Gasteiger partial charge on any atom is 0.188 e. The van der Waals surface area contributed by atoms with Gasteiger partial charge in [0.15, 0.2) is 5.96 Å². The van der Waals surface area contributed by atoms with Gasteiger partial charge in [-0.2, -0.15) is 0 Å². The number of nitrogens with two attached hydrogens (primary N) is 1. The molecule has 5 nitrogen and oxygen atoms in total. The molecule has 0 aromatic carbocycles. The van der Waals surface area contributed by atoms with Gasteiger partial charge in [0.1, 0.15) is 0 Å². The van der Waals surface area contributed by atoms with Crippen molar-refractivity contribution in [3.8, 4) is 0 Å². The molecule has 2 atom stereocenters. The number of nitrogens with zero attached hydrogens (tertiary/aromatic N) is 3. The summed E-state index contributed by atoms with van der Waals surface area (Å²) in [7, 11) is 2.17. The summed E-state index contributed by atoms with van der Waals surface area (Å²) in [5.41, 5.74) is 5.96. The van der Waals surface area contributed by atoms with E-state index in [1.165, 1.54) is 32.4 Å². The van der Waals surface area contributed by atoms with Gasteiger partial charge in [-0.1, -0.05) is 6.92 Å². The van der Waals surface area contributed by atoms with E-state index in [4.69, 9.17) is 5.73 Å². The lowest BCUT2D eigenvalue weighted by Crippen LogP contribution is -2.42. The summed E-state index contributed by atoms with van der Waals surface area (Å²) in [6.45, 7) is 8.75. The van der Waals surface area contributed by atoms with Crippen LogP contribution in [0.2, 0.25) is 0 Å². The van der Waals surface area contributed by atoms with E-state index in [1.54, 1.807) is 0 Å². The van der Waals surface area contributed by atoms with Crippen molar-refractivity contribution in [2.45, 2.75) is 32.2 Å². The molecule has 0 aromatic rings. The first-order chi connectivity index (χ1) is 9.19. The fourth-order valence-corrected chi connectivity index (χ4v) is 3.22. The maximum absolute atomic E-state index is 5.96. The zero-order valence-corrected chi connectivity index (χ0v) is 12.4. The average molecular weight is 267 g/mol. The number of guanidine groups is 1. The third-order valence-electron chi connectivity index (χ3n) is 4.43. The van der Waals surface area contributed by atoms with Gasteiger partial charge in [0.05, 0.1) is 0 Å². The quantitative estimate of drug-likeness (QED) is 0.557. The first kappa shape index (κ1) is 14.6. The molecule has 2 aliphatic heterocycles. The van der Waals surface area contributed by atoms with Gasteiger partial charge in [-0.25, -0.2) is 0 Å². The molecule has 2 unspecified atom stereocenters. The number of hydrogen-bond acceptors (Lipinski definition) is 3. The minimum Gasteiger partial charge on any atom is -0.370 e. The molecule has 2 heterocycles. The number of rotatable bonds is 5. The fourth-order valence-electron chi connectivity index (χ4n) is 3.22. The van der Waals surface area contributed by atoms with Gasteiger partial charge < -0.3 is 16.0 Å². The van der Waals surface area contributed by atoms with E-state index in [1.807, 2.05) is 0 Å². The molecule has 0 amide bonds. The van der Waals surface area contributed by atoms with Crippen molar-refractivity contribution in [3.05, 3.63) is 0 Å². The summed E-state index contributed by atoms with van der Waals surface area (Å²) < 4.78 is 0. The topological polar surface area (TPSA) is 56.9 Å². The van der Waals surface area contributed by atoms with E-state index in [-0.39, 0.29) is 0 Å². The minimum atomic E-state index is 0.623. The Labute approximate surface area is 117 Å². The Morgan fingerprint density at radius 1 is 1.37 bits per heavy atom. The van der Waals surface area contributed by atoms with Crippen LogP contribution in [0.15, 0.2) is 4.99 Å². The second-order valence-corrected chi connectivity index (χ2v) is 5.95. The van der Waals surface area contributed by atoms with Gasteiger partial charge >= 0.3 is 0 Å². The van der Waals surface area contributed by atoms with Crippen molar-refractivity contribution in [2.75, 3.05) is 46.3 Å². The summed E-state index contributed by atoms with van der Waals surface area (Å²) in [6, 6.07) is 0.636. The highest BCUT2D eigenvalue weighted by molar-refractivity contribution is 5.77. The van der Waals surface area contributed by atoms with Crippen LogP contribution in [0.25, 0.3) is 0 Å². The Morgan fingerprint density at radius 3 is 2.89 bits per heavy atom. The van der Waals surface area contributed by atoms with Crippen LogP contribution >= 0.6 is 0 Å².